The average Bonchev–Trinajstić information content (AvgIpc) is 1.83. The maximum atomic E-state index is 4.97. The van der Waals surface area contributed by atoms with Crippen molar-refractivity contribution in [2.24, 2.45) is 0 Å². The number of nitrogens with one attached hydrogen (secondary N) is 1. The maximum Gasteiger partial charge on any atom is 0.256 e. The van der Waals surface area contributed by atoms with Gasteiger partial charge in [0.05, 0.1) is 0 Å². The van der Waals surface area contributed by atoms with Crippen molar-refractivity contribution in [2.75, 3.05) is 13.7 Å². The van der Waals surface area contributed by atoms with Gasteiger partial charge in [-0.3, -0.25) is 0 Å². The van der Waals surface area contributed by atoms with Crippen LogP contribution in [0.4, 0.5) is 0 Å². The van der Waals surface area contributed by atoms with Crippen molar-refractivity contribution in [2.45, 2.75) is 6.92 Å². The lowest BCUT2D eigenvalue weighted by atomic mass is 10.4. The van der Waals surface area contributed by atoms with Crippen LogP contribution in [0.3, 0.4) is 0 Å². The van der Waals surface area contributed by atoms with E-state index in [1.807, 2.05) is 6.92 Å². The number of ether oxygens (including phenoxy) is 1. The average molecular weight is 145 g/mol. The Hall–Kier alpha value is -0.570. The fourth-order valence-electron chi connectivity index (χ4n) is 0.261. The van der Waals surface area contributed by atoms with Gasteiger partial charge < -0.3 is 10.1 Å². The van der Waals surface area contributed by atoms with E-state index in [-0.39, 0.29) is 0 Å². The Bertz CT molecular complexity index is 122. The molecule has 52 valence electrons. The van der Waals surface area contributed by atoms with Crippen LogP contribution in [0.2, 0.25) is 0 Å². The number of hydrogen-bond donors (Lipinski definition) is 1. The molecule has 2 nitrogen and oxygen atoms in total. The van der Waals surface area contributed by atoms with Crippen LogP contribution in [-0.4, -0.2) is 18.8 Å². The minimum atomic E-state index is 0.415. The molecule has 0 radical (unpaired) electrons. The second kappa shape index (κ2) is 4.32. The van der Waals surface area contributed by atoms with E-state index in [0.29, 0.717) is 11.8 Å². The molecule has 0 aliphatic heterocycles. The quantitative estimate of drug-likeness (QED) is 0.464. The highest BCUT2D eigenvalue weighted by molar-refractivity contribution is 7.80. The minimum Gasteiger partial charge on any atom is -0.467 e. The highest BCUT2D eigenvalue weighted by Gasteiger charge is 1.89. The maximum absolute atomic E-state index is 4.97. The fourth-order valence-corrected chi connectivity index (χ4v) is 0.320. The zero-order valence-corrected chi connectivity index (χ0v) is 6.55. The summed E-state index contributed by atoms with van der Waals surface area (Å²) in [4.78, 5) is 0. The van der Waals surface area contributed by atoms with Crippen molar-refractivity contribution in [3.05, 3.63) is 12.2 Å². The number of hydrogen-bond acceptors (Lipinski definition) is 2. The summed E-state index contributed by atoms with van der Waals surface area (Å²) in [6.07, 6.45) is 0. The summed E-state index contributed by atoms with van der Waals surface area (Å²) in [5.41, 5.74) is 0.965. The Morgan fingerprint density at radius 3 is 2.67 bits per heavy atom. The third kappa shape index (κ3) is 5.30. The van der Waals surface area contributed by atoms with Crippen LogP contribution in [0.15, 0.2) is 12.2 Å². The third-order valence-corrected chi connectivity index (χ3v) is 0.976. The van der Waals surface area contributed by atoms with Gasteiger partial charge in [-0.05, 0) is 24.7 Å². The highest BCUT2D eigenvalue weighted by Crippen LogP contribution is 1.87. The molecule has 0 saturated carbocycles. The summed E-state index contributed by atoms with van der Waals surface area (Å²) in [5.74, 6) is 0. The first-order valence-electron chi connectivity index (χ1n) is 2.65. The van der Waals surface area contributed by atoms with Gasteiger partial charge in [0.1, 0.15) is 6.61 Å². The molecular weight excluding hydrogens is 134 g/mol. The van der Waals surface area contributed by atoms with Gasteiger partial charge in [-0.25, -0.2) is 0 Å². The SMILES string of the molecule is C=C(C)COC(=S)NC. The number of rotatable bonds is 2. The van der Waals surface area contributed by atoms with Crippen molar-refractivity contribution in [3.63, 3.8) is 0 Å². The first-order chi connectivity index (χ1) is 4.16. The van der Waals surface area contributed by atoms with Gasteiger partial charge >= 0.3 is 0 Å². The van der Waals surface area contributed by atoms with E-state index < -0.39 is 0 Å². The van der Waals surface area contributed by atoms with Gasteiger partial charge in [0, 0.05) is 7.05 Å². The fraction of sp³-hybridized carbons (Fsp3) is 0.500. The van der Waals surface area contributed by atoms with Crippen LogP contribution in [0, 0.1) is 0 Å². The normalized spacial score (nSPS) is 8.22. The molecule has 1 N–H and O–H groups in total. The van der Waals surface area contributed by atoms with Crippen LogP contribution >= 0.6 is 12.2 Å². The van der Waals surface area contributed by atoms with Crippen LogP contribution in [0.25, 0.3) is 0 Å². The molecular formula is C6H11NOS. The molecule has 0 aromatic carbocycles. The van der Waals surface area contributed by atoms with E-state index in [2.05, 4.69) is 11.9 Å². The molecule has 0 unspecified atom stereocenters. The van der Waals surface area contributed by atoms with Gasteiger partial charge in [-0.2, -0.15) is 0 Å². The molecule has 0 aliphatic carbocycles. The second-order valence-corrected chi connectivity index (χ2v) is 2.15. The van der Waals surface area contributed by atoms with E-state index in [0.717, 1.165) is 5.57 Å². The van der Waals surface area contributed by atoms with Gasteiger partial charge in [0.15, 0.2) is 0 Å². The molecule has 0 aliphatic rings. The minimum absolute atomic E-state index is 0.415. The van der Waals surface area contributed by atoms with E-state index in [1.165, 1.54) is 0 Å². The monoisotopic (exact) mass is 145 g/mol. The Morgan fingerprint density at radius 2 is 2.33 bits per heavy atom. The Kier molecular flexibility index (Phi) is 4.05. The molecule has 0 aromatic heterocycles. The topological polar surface area (TPSA) is 21.3 Å². The zero-order chi connectivity index (χ0) is 7.28. The molecule has 9 heavy (non-hydrogen) atoms. The van der Waals surface area contributed by atoms with Gasteiger partial charge in [-0.1, -0.05) is 6.58 Å². The predicted molar refractivity (Wildman–Crippen MR) is 42.4 cm³/mol. The Labute approximate surface area is 60.9 Å². The van der Waals surface area contributed by atoms with Crippen molar-refractivity contribution in [1.29, 1.82) is 0 Å². The molecule has 0 saturated heterocycles. The van der Waals surface area contributed by atoms with Gasteiger partial charge in [0.2, 0.25) is 0 Å². The van der Waals surface area contributed by atoms with E-state index in [9.17, 15) is 0 Å². The number of thiocarbonyl (C=S) groups is 1. The third-order valence-electron chi connectivity index (χ3n) is 0.654. The molecule has 0 rings (SSSR count). The summed E-state index contributed by atoms with van der Waals surface area (Å²) in [7, 11) is 1.72. The van der Waals surface area contributed by atoms with Gasteiger partial charge in [-0.15, -0.1) is 0 Å². The molecule has 0 bridgehead atoms. The van der Waals surface area contributed by atoms with Crippen LogP contribution in [0.1, 0.15) is 6.92 Å². The van der Waals surface area contributed by atoms with Crippen molar-refractivity contribution in [3.8, 4) is 0 Å². The van der Waals surface area contributed by atoms with E-state index in [4.69, 9.17) is 17.0 Å². The molecule has 0 amide bonds. The van der Waals surface area contributed by atoms with Gasteiger partial charge in [0.25, 0.3) is 5.17 Å². The highest BCUT2D eigenvalue weighted by atomic mass is 32.1. The largest absolute Gasteiger partial charge is 0.467 e. The summed E-state index contributed by atoms with van der Waals surface area (Å²) < 4.78 is 4.97. The van der Waals surface area contributed by atoms with Crippen LogP contribution in [-0.2, 0) is 4.74 Å². The standard InChI is InChI=1S/C6H11NOS/c1-5(2)4-8-6(9)7-3/h1,4H2,2-3H3,(H,7,9). The molecule has 0 fully saturated rings. The van der Waals surface area contributed by atoms with Crippen LogP contribution < -0.4 is 5.32 Å². The summed E-state index contributed by atoms with van der Waals surface area (Å²) in [6, 6.07) is 0. The molecule has 0 atom stereocenters. The molecule has 3 heteroatoms. The van der Waals surface area contributed by atoms with Crippen molar-refractivity contribution < 1.29 is 4.74 Å². The molecule has 0 heterocycles. The first kappa shape index (κ1) is 8.43. The van der Waals surface area contributed by atoms with E-state index >= 15 is 0 Å². The zero-order valence-electron chi connectivity index (χ0n) is 5.73. The van der Waals surface area contributed by atoms with Crippen molar-refractivity contribution in [1.82, 2.24) is 5.32 Å². The lowest BCUT2D eigenvalue weighted by Crippen LogP contribution is -2.19. The van der Waals surface area contributed by atoms with Crippen LogP contribution in [0.5, 0.6) is 0 Å². The summed E-state index contributed by atoms with van der Waals surface area (Å²) >= 11 is 4.70. The lowest BCUT2D eigenvalue weighted by Gasteiger charge is -2.04. The predicted octanol–water partition coefficient (Wildman–Crippen LogP) is 1.08. The second-order valence-electron chi connectivity index (χ2n) is 1.78. The summed E-state index contributed by atoms with van der Waals surface area (Å²) in [5, 5.41) is 3.10. The molecule has 0 aromatic rings. The summed E-state index contributed by atoms with van der Waals surface area (Å²) in [6.45, 7) is 6.04. The smallest absolute Gasteiger partial charge is 0.256 e. The first-order valence-corrected chi connectivity index (χ1v) is 3.06. The van der Waals surface area contributed by atoms with Crippen molar-refractivity contribution >= 4 is 17.4 Å². The van der Waals surface area contributed by atoms with E-state index in [1.54, 1.807) is 7.05 Å². The molecule has 0 spiro atoms. The Balaban J connectivity index is 3.28. The Morgan fingerprint density at radius 1 is 1.78 bits per heavy atom. The lowest BCUT2D eigenvalue weighted by molar-refractivity contribution is 0.336.